The second-order valence-corrected chi connectivity index (χ2v) is 4.62. The minimum atomic E-state index is -0.202. The molecule has 3 nitrogen and oxygen atoms in total. The Morgan fingerprint density at radius 3 is 2.78 bits per heavy atom. The molecule has 96 valence electrons. The van der Waals surface area contributed by atoms with Crippen LogP contribution in [0, 0.1) is 6.92 Å². The molecule has 1 unspecified atom stereocenters. The lowest BCUT2D eigenvalue weighted by Gasteiger charge is -2.14. The first-order valence-electron chi connectivity index (χ1n) is 5.74. The van der Waals surface area contributed by atoms with E-state index in [4.69, 9.17) is 26.5 Å². The molecule has 0 aliphatic heterocycles. The predicted octanol–water partition coefficient (Wildman–Crippen LogP) is 3.49. The fraction of sp³-hybridized carbons (Fsp3) is 0.286. The van der Waals surface area contributed by atoms with Crippen molar-refractivity contribution in [2.24, 2.45) is 5.73 Å². The molecule has 0 aliphatic carbocycles. The summed E-state index contributed by atoms with van der Waals surface area (Å²) < 4.78 is 10.4. The van der Waals surface area contributed by atoms with Crippen LogP contribution in [0.2, 0.25) is 5.22 Å². The maximum atomic E-state index is 6.15. The highest BCUT2D eigenvalue weighted by Crippen LogP contribution is 2.28. The summed E-state index contributed by atoms with van der Waals surface area (Å²) in [6.07, 6.45) is 2.20. The highest BCUT2D eigenvalue weighted by atomic mass is 35.5. The smallest absolute Gasteiger partial charge is 0.197 e. The first-order valence-corrected chi connectivity index (χ1v) is 6.11. The Morgan fingerprint density at radius 2 is 2.17 bits per heavy atom. The molecule has 2 N–H and O–H groups in total. The Bertz CT molecular complexity index is 536. The summed E-state index contributed by atoms with van der Waals surface area (Å²) >= 11 is 5.93. The zero-order valence-electron chi connectivity index (χ0n) is 10.4. The van der Waals surface area contributed by atoms with Crippen molar-refractivity contribution in [2.75, 3.05) is 7.11 Å². The molecule has 18 heavy (non-hydrogen) atoms. The Kier molecular flexibility index (Phi) is 3.94. The zero-order valence-corrected chi connectivity index (χ0v) is 11.2. The van der Waals surface area contributed by atoms with Crippen molar-refractivity contribution in [3.05, 3.63) is 52.4 Å². The van der Waals surface area contributed by atoms with Gasteiger partial charge in [-0.25, -0.2) is 0 Å². The minimum absolute atomic E-state index is 0.202. The maximum absolute atomic E-state index is 6.15. The molecule has 0 amide bonds. The Morgan fingerprint density at radius 1 is 1.39 bits per heavy atom. The SMILES string of the molecule is COc1ccc(C)cc1CC(N)c1ccoc1Cl. The van der Waals surface area contributed by atoms with Crippen molar-refractivity contribution in [1.82, 2.24) is 0 Å². The van der Waals surface area contributed by atoms with Gasteiger partial charge in [0, 0.05) is 11.6 Å². The molecule has 1 atom stereocenters. The second kappa shape index (κ2) is 5.46. The lowest BCUT2D eigenvalue weighted by Crippen LogP contribution is -2.13. The molecular weight excluding hydrogens is 250 g/mol. The summed E-state index contributed by atoms with van der Waals surface area (Å²) in [5.74, 6) is 0.843. The van der Waals surface area contributed by atoms with Crippen LogP contribution in [0.3, 0.4) is 0 Å². The van der Waals surface area contributed by atoms with Gasteiger partial charge in [0.05, 0.1) is 13.4 Å². The molecule has 0 saturated carbocycles. The third-order valence-corrected chi connectivity index (χ3v) is 3.23. The number of benzene rings is 1. The van der Waals surface area contributed by atoms with Crippen LogP contribution >= 0.6 is 11.6 Å². The number of aryl methyl sites for hydroxylation is 1. The van der Waals surface area contributed by atoms with E-state index in [1.54, 1.807) is 19.4 Å². The van der Waals surface area contributed by atoms with E-state index >= 15 is 0 Å². The Labute approximate surface area is 111 Å². The number of hydrogen-bond acceptors (Lipinski definition) is 3. The molecule has 0 bridgehead atoms. The number of rotatable bonds is 4. The summed E-state index contributed by atoms with van der Waals surface area (Å²) in [4.78, 5) is 0. The van der Waals surface area contributed by atoms with Crippen LogP contribution in [0.1, 0.15) is 22.7 Å². The quantitative estimate of drug-likeness (QED) is 0.921. The molecule has 1 heterocycles. The van der Waals surface area contributed by atoms with E-state index in [1.807, 2.05) is 19.1 Å². The van der Waals surface area contributed by atoms with Gasteiger partial charge in [0.15, 0.2) is 5.22 Å². The molecule has 0 fully saturated rings. The fourth-order valence-electron chi connectivity index (χ4n) is 1.98. The van der Waals surface area contributed by atoms with Gasteiger partial charge in [-0.3, -0.25) is 0 Å². The summed E-state index contributed by atoms with van der Waals surface area (Å²) in [5, 5.41) is 0.356. The normalized spacial score (nSPS) is 12.4. The van der Waals surface area contributed by atoms with Gasteiger partial charge in [-0.05, 0) is 42.6 Å². The molecule has 1 aromatic heterocycles. The van der Waals surface area contributed by atoms with Gasteiger partial charge in [-0.2, -0.15) is 0 Å². The minimum Gasteiger partial charge on any atom is -0.496 e. The summed E-state index contributed by atoms with van der Waals surface area (Å²) in [6, 6.07) is 7.64. The van der Waals surface area contributed by atoms with Gasteiger partial charge in [0.25, 0.3) is 0 Å². The Balaban J connectivity index is 2.23. The maximum Gasteiger partial charge on any atom is 0.197 e. The van der Waals surface area contributed by atoms with Crippen molar-refractivity contribution < 1.29 is 9.15 Å². The fourth-order valence-corrected chi connectivity index (χ4v) is 2.24. The summed E-state index contributed by atoms with van der Waals surface area (Å²) in [5.41, 5.74) is 9.21. The van der Waals surface area contributed by atoms with Gasteiger partial charge >= 0.3 is 0 Å². The van der Waals surface area contributed by atoms with E-state index in [-0.39, 0.29) is 6.04 Å². The van der Waals surface area contributed by atoms with Gasteiger partial charge in [0.1, 0.15) is 5.75 Å². The molecule has 0 radical (unpaired) electrons. The lowest BCUT2D eigenvalue weighted by molar-refractivity contribution is 0.408. The predicted molar refractivity (Wildman–Crippen MR) is 72.1 cm³/mol. The average molecular weight is 266 g/mol. The molecule has 2 rings (SSSR count). The molecule has 4 heteroatoms. The molecule has 0 aliphatic rings. The Hall–Kier alpha value is -1.45. The van der Waals surface area contributed by atoms with E-state index in [9.17, 15) is 0 Å². The van der Waals surface area contributed by atoms with Crippen LogP contribution in [0.4, 0.5) is 0 Å². The number of halogens is 1. The van der Waals surface area contributed by atoms with Crippen molar-refractivity contribution >= 4 is 11.6 Å². The molecule has 0 saturated heterocycles. The number of nitrogens with two attached hydrogens (primary N) is 1. The summed E-state index contributed by atoms with van der Waals surface area (Å²) in [6.45, 7) is 2.04. The van der Waals surface area contributed by atoms with E-state index < -0.39 is 0 Å². The largest absolute Gasteiger partial charge is 0.496 e. The molecule has 1 aromatic carbocycles. The van der Waals surface area contributed by atoms with Crippen molar-refractivity contribution in [3.8, 4) is 5.75 Å². The van der Waals surface area contributed by atoms with E-state index in [0.29, 0.717) is 11.6 Å². The molecule has 0 spiro atoms. The van der Waals surface area contributed by atoms with E-state index in [1.165, 1.54) is 5.56 Å². The molecular formula is C14H16ClNO2. The van der Waals surface area contributed by atoms with Gasteiger partial charge in [0.2, 0.25) is 0 Å². The average Bonchev–Trinajstić information content (AvgIpc) is 2.76. The standard InChI is InChI=1S/C14H16ClNO2/c1-9-3-4-13(17-2)10(7-9)8-12(16)11-5-6-18-14(11)15/h3-7,12H,8,16H2,1-2H3. The summed E-state index contributed by atoms with van der Waals surface area (Å²) in [7, 11) is 1.66. The first-order chi connectivity index (χ1) is 8.61. The second-order valence-electron chi connectivity index (χ2n) is 4.28. The highest BCUT2D eigenvalue weighted by molar-refractivity contribution is 6.29. The molecule has 2 aromatic rings. The van der Waals surface area contributed by atoms with Crippen LogP contribution in [0.15, 0.2) is 34.9 Å². The monoisotopic (exact) mass is 265 g/mol. The van der Waals surface area contributed by atoms with Crippen LogP contribution in [-0.4, -0.2) is 7.11 Å². The lowest BCUT2D eigenvalue weighted by atomic mass is 9.99. The van der Waals surface area contributed by atoms with Crippen LogP contribution < -0.4 is 10.5 Å². The number of furan rings is 1. The third kappa shape index (κ3) is 2.68. The van der Waals surface area contributed by atoms with Gasteiger partial charge in [-0.1, -0.05) is 17.7 Å². The number of methoxy groups -OCH3 is 1. The van der Waals surface area contributed by atoms with Gasteiger partial charge in [-0.15, -0.1) is 0 Å². The van der Waals surface area contributed by atoms with E-state index in [0.717, 1.165) is 16.9 Å². The van der Waals surface area contributed by atoms with E-state index in [2.05, 4.69) is 6.07 Å². The topological polar surface area (TPSA) is 48.4 Å². The van der Waals surface area contributed by atoms with Crippen molar-refractivity contribution in [1.29, 1.82) is 0 Å². The highest BCUT2D eigenvalue weighted by Gasteiger charge is 2.15. The van der Waals surface area contributed by atoms with Crippen molar-refractivity contribution in [3.63, 3.8) is 0 Å². The first kappa shape index (κ1) is 13.0. The zero-order chi connectivity index (χ0) is 13.1. The van der Waals surface area contributed by atoms with Crippen LogP contribution in [0.5, 0.6) is 5.75 Å². The number of ether oxygens (including phenoxy) is 1. The number of hydrogen-bond donors (Lipinski definition) is 1. The van der Waals surface area contributed by atoms with Crippen molar-refractivity contribution in [2.45, 2.75) is 19.4 Å². The van der Waals surface area contributed by atoms with Gasteiger partial charge < -0.3 is 14.9 Å². The van der Waals surface area contributed by atoms with Crippen LogP contribution in [0.25, 0.3) is 0 Å². The third-order valence-electron chi connectivity index (χ3n) is 2.92. The van der Waals surface area contributed by atoms with Crippen LogP contribution in [-0.2, 0) is 6.42 Å².